The van der Waals surface area contributed by atoms with E-state index in [1.165, 1.54) is 15.6 Å². The topological polar surface area (TPSA) is 26.0 Å². The van der Waals surface area contributed by atoms with Gasteiger partial charge in [-0.25, -0.2) is 0 Å². The van der Waals surface area contributed by atoms with Gasteiger partial charge in [0.2, 0.25) is 0 Å². The third kappa shape index (κ3) is 1.29. The molecule has 1 nitrogen and oxygen atoms in total. The molecule has 0 radical (unpaired) electrons. The maximum Gasteiger partial charge on any atom is 0.0207 e. The molecule has 0 aliphatic heterocycles. The first kappa shape index (κ1) is 8.27. The number of halogens is 1. The fourth-order valence-corrected chi connectivity index (χ4v) is 1.98. The molecule has 0 aromatic heterocycles. The molecule has 1 aromatic carbocycles. The van der Waals surface area contributed by atoms with E-state index in [0.29, 0.717) is 12.0 Å². The average molecular weight is 226 g/mol. The van der Waals surface area contributed by atoms with Crippen LogP contribution in [-0.4, -0.2) is 6.04 Å². The zero-order valence-corrected chi connectivity index (χ0v) is 8.64. The molecule has 2 heteroatoms. The highest BCUT2D eigenvalue weighted by Gasteiger charge is 2.35. The summed E-state index contributed by atoms with van der Waals surface area (Å²) in [6.45, 7) is 2.14. The molecule has 1 saturated carbocycles. The summed E-state index contributed by atoms with van der Waals surface area (Å²) >= 11 is 3.52. The molecule has 1 aliphatic carbocycles. The van der Waals surface area contributed by atoms with Gasteiger partial charge in [0.05, 0.1) is 0 Å². The van der Waals surface area contributed by atoms with Crippen LogP contribution < -0.4 is 5.73 Å². The second kappa shape index (κ2) is 2.86. The van der Waals surface area contributed by atoms with Crippen LogP contribution in [0.4, 0.5) is 0 Å². The van der Waals surface area contributed by atoms with E-state index in [9.17, 15) is 0 Å². The van der Waals surface area contributed by atoms with Crippen molar-refractivity contribution in [3.63, 3.8) is 0 Å². The number of hydrogen-bond donors (Lipinski definition) is 1. The smallest absolute Gasteiger partial charge is 0.0207 e. The van der Waals surface area contributed by atoms with Crippen molar-refractivity contribution in [3.05, 3.63) is 33.8 Å². The minimum atomic E-state index is 0.401. The van der Waals surface area contributed by atoms with E-state index >= 15 is 0 Å². The minimum absolute atomic E-state index is 0.401. The quantitative estimate of drug-likeness (QED) is 0.782. The predicted octanol–water partition coefficient (Wildman–Crippen LogP) is 2.57. The van der Waals surface area contributed by atoms with Gasteiger partial charge in [0.1, 0.15) is 0 Å². The van der Waals surface area contributed by atoms with E-state index in [-0.39, 0.29) is 0 Å². The maximum atomic E-state index is 5.80. The lowest BCUT2D eigenvalue weighted by Crippen LogP contribution is -2.02. The van der Waals surface area contributed by atoms with Gasteiger partial charge in [0.25, 0.3) is 0 Å². The molecule has 2 rings (SSSR count). The minimum Gasteiger partial charge on any atom is -0.327 e. The fraction of sp³-hybridized carbons (Fsp3) is 0.400. The van der Waals surface area contributed by atoms with Gasteiger partial charge in [-0.05, 0) is 30.5 Å². The summed E-state index contributed by atoms with van der Waals surface area (Å²) in [5.74, 6) is 0.613. The monoisotopic (exact) mass is 225 g/mol. The van der Waals surface area contributed by atoms with Crippen LogP contribution in [0.3, 0.4) is 0 Å². The Hall–Kier alpha value is -0.340. The number of nitrogens with two attached hydrogens (primary N) is 1. The van der Waals surface area contributed by atoms with Crippen molar-refractivity contribution in [2.45, 2.75) is 25.3 Å². The number of benzene rings is 1. The molecule has 1 aliphatic rings. The molecule has 0 heterocycles. The lowest BCUT2D eigenvalue weighted by atomic mass is 10.0. The third-order valence-corrected chi connectivity index (χ3v) is 3.41. The number of hydrogen-bond acceptors (Lipinski definition) is 1. The molecule has 0 amide bonds. The Labute approximate surface area is 81.1 Å². The van der Waals surface area contributed by atoms with Crippen molar-refractivity contribution in [1.29, 1.82) is 0 Å². The highest BCUT2D eigenvalue weighted by atomic mass is 79.9. The molecule has 2 N–H and O–H groups in total. The molecule has 2 atom stereocenters. The Balaban J connectivity index is 2.38. The molecule has 0 saturated heterocycles. The summed E-state index contributed by atoms with van der Waals surface area (Å²) in [7, 11) is 0. The largest absolute Gasteiger partial charge is 0.327 e. The van der Waals surface area contributed by atoms with Crippen LogP contribution in [0.25, 0.3) is 0 Å². The summed E-state index contributed by atoms with van der Waals surface area (Å²) in [4.78, 5) is 0. The molecule has 1 aromatic rings. The first-order valence-corrected chi connectivity index (χ1v) is 5.00. The molecular formula is C10H12BrN. The van der Waals surface area contributed by atoms with Gasteiger partial charge >= 0.3 is 0 Å². The molecule has 64 valence electrons. The first-order valence-electron chi connectivity index (χ1n) is 4.20. The zero-order valence-electron chi connectivity index (χ0n) is 7.05. The Bertz CT molecular complexity index is 309. The molecule has 2 unspecified atom stereocenters. The first-order chi connectivity index (χ1) is 5.70. The van der Waals surface area contributed by atoms with Crippen molar-refractivity contribution in [2.75, 3.05) is 0 Å². The van der Waals surface area contributed by atoms with E-state index in [0.717, 1.165) is 6.42 Å². The highest BCUT2D eigenvalue weighted by molar-refractivity contribution is 9.10. The normalized spacial score (nSPS) is 27.2. The lowest BCUT2D eigenvalue weighted by Gasteiger charge is -2.05. The van der Waals surface area contributed by atoms with Gasteiger partial charge in [0, 0.05) is 16.4 Å². The van der Waals surface area contributed by atoms with Crippen LogP contribution in [0.5, 0.6) is 0 Å². The van der Waals surface area contributed by atoms with Crippen molar-refractivity contribution in [1.82, 2.24) is 0 Å². The van der Waals surface area contributed by atoms with E-state index in [1.807, 2.05) is 0 Å². The second-order valence-electron chi connectivity index (χ2n) is 3.46. The van der Waals surface area contributed by atoms with E-state index in [1.54, 1.807) is 0 Å². The van der Waals surface area contributed by atoms with Gasteiger partial charge in [-0.1, -0.05) is 28.1 Å². The molecule has 0 bridgehead atoms. The van der Waals surface area contributed by atoms with Crippen molar-refractivity contribution in [3.8, 4) is 0 Å². The van der Waals surface area contributed by atoms with Crippen molar-refractivity contribution in [2.24, 2.45) is 5.73 Å². The Morgan fingerprint density at radius 2 is 2.17 bits per heavy atom. The fourth-order valence-electron chi connectivity index (χ4n) is 1.60. The van der Waals surface area contributed by atoms with Gasteiger partial charge in [-0.3, -0.25) is 0 Å². The summed E-state index contributed by atoms with van der Waals surface area (Å²) in [6, 6.07) is 6.74. The second-order valence-corrected chi connectivity index (χ2v) is 4.31. The van der Waals surface area contributed by atoms with Crippen LogP contribution in [0.2, 0.25) is 0 Å². The van der Waals surface area contributed by atoms with Crippen LogP contribution >= 0.6 is 15.9 Å². The van der Waals surface area contributed by atoms with E-state index < -0.39 is 0 Å². The van der Waals surface area contributed by atoms with Crippen LogP contribution in [0.1, 0.15) is 23.5 Å². The highest BCUT2D eigenvalue weighted by Crippen LogP contribution is 2.41. The average Bonchev–Trinajstić information content (AvgIpc) is 2.73. The van der Waals surface area contributed by atoms with Gasteiger partial charge in [-0.2, -0.15) is 0 Å². The predicted molar refractivity (Wildman–Crippen MR) is 54.2 cm³/mol. The summed E-state index contributed by atoms with van der Waals surface area (Å²) in [5.41, 5.74) is 8.56. The Kier molecular flexibility index (Phi) is 1.97. The third-order valence-electron chi connectivity index (χ3n) is 2.55. The van der Waals surface area contributed by atoms with Gasteiger partial charge < -0.3 is 5.73 Å². The van der Waals surface area contributed by atoms with E-state index in [2.05, 4.69) is 41.1 Å². The maximum absolute atomic E-state index is 5.80. The Morgan fingerprint density at radius 1 is 1.50 bits per heavy atom. The van der Waals surface area contributed by atoms with Gasteiger partial charge in [0.15, 0.2) is 0 Å². The Morgan fingerprint density at radius 3 is 2.75 bits per heavy atom. The van der Waals surface area contributed by atoms with E-state index in [4.69, 9.17) is 5.73 Å². The van der Waals surface area contributed by atoms with Crippen molar-refractivity contribution >= 4 is 15.9 Å². The molecular weight excluding hydrogens is 214 g/mol. The van der Waals surface area contributed by atoms with Crippen LogP contribution in [0.15, 0.2) is 22.7 Å². The molecule has 12 heavy (non-hydrogen) atoms. The summed E-state index contributed by atoms with van der Waals surface area (Å²) < 4.78 is 1.19. The van der Waals surface area contributed by atoms with Crippen LogP contribution in [-0.2, 0) is 0 Å². The molecule has 0 spiro atoms. The number of rotatable bonds is 1. The SMILES string of the molecule is Cc1c(Br)cccc1C1CC1N. The standard InChI is InChI=1S/C10H12BrN/c1-6-7(8-5-10(8)12)3-2-4-9(6)11/h2-4,8,10H,5,12H2,1H3. The van der Waals surface area contributed by atoms with Crippen molar-refractivity contribution < 1.29 is 0 Å². The summed E-state index contributed by atoms with van der Waals surface area (Å²) in [6.07, 6.45) is 1.15. The van der Waals surface area contributed by atoms with Gasteiger partial charge in [-0.15, -0.1) is 0 Å². The van der Waals surface area contributed by atoms with Crippen LogP contribution in [0, 0.1) is 6.92 Å². The zero-order chi connectivity index (χ0) is 8.72. The molecule has 1 fully saturated rings. The summed E-state index contributed by atoms with van der Waals surface area (Å²) in [5, 5.41) is 0. The lowest BCUT2D eigenvalue weighted by molar-refractivity contribution is 0.978.